The molecule has 0 fully saturated rings. The minimum absolute atomic E-state index is 0.0356. The summed E-state index contributed by atoms with van der Waals surface area (Å²) in [6.07, 6.45) is -3.04. The van der Waals surface area contributed by atoms with Crippen molar-refractivity contribution in [3.8, 4) is 11.8 Å². The monoisotopic (exact) mass is 199 g/mol. The number of aromatic nitrogens is 1. The Morgan fingerprint density at radius 1 is 1.64 bits per heavy atom. The average Bonchev–Trinajstić information content (AvgIpc) is 2.09. The Hall–Kier alpha value is -1.90. The second-order valence-electron chi connectivity index (χ2n) is 2.56. The number of hydrogen-bond acceptors (Lipinski definition) is 4. The summed E-state index contributed by atoms with van der Waals surface area (Å²) in [5.74, 6) is -0.654. The molecule has 74 valence electrons. The maximum absolute atomic E-state index is 12.2. The van der Waals surface area contributed by atoms with Crippen molar-refractivity contribution in [3.63, 3.8) is 0 Å². The molecule has 3 N–H and O–H groups in total. The number of rotatable bonds is 2. The van der Waals surface area contributed by atoms with Crippen molar-refractivity contribution in [1.82, 2.24) is 4.98 Å². The van der Waals surface area contributed by atoms with Gasteiger partial charge in [-0.3, -0.25) is 0 Å². The molecule has 0 unspecified atom stereocenters. The van der Waals surface area contributed by atoms with Gasteiger partial charge in [-0.05, 0) is 0 Å². The molecular weight excluding hydrogens is 192 g/mol. The maximum atomic E-state index is 12.2. The van der Waals surface area contributed by atoms with E-state index in [1.165, 1.54) is 0 Å². The summed E-state index contributed by atoms with van der Waals surface area (Å²) < 4.78 is 24.5. The van der Waals surface area contributed by atoms with Crippen LogP contribution in [0.4, 0.5) is 14.5 Å². The Bertz CT molecular complexity index is 387. The van der Waals surface area contributed by atoms with E-state index >= 15 is 0 Å². The molecule has 6 heteroatoms. The fraction of sp³-hybridized carbons (Fsp3) is 0.250. The topological polar surface area (TPSA) is 82.9 Å². The number of nitrogens with two attached hydrogens (primary N) is 1. The van der Waals surface area contributed by atoms with Crippen LogP contribution in [0.5, 0.6) is 5.75 Å². The van der Waals surface area contributed by atoms with Gasteiger partial charge in [0.05, 0.1) is 23.9 Å². The summed E-state index contributed by atoms with van der Waals surface area (Å²) in [6.45, 7) is 0. The molecule has 1 aromatic rings. The molecule has 0 saturated carbocycles. The smallest absolute Gasteiger partial charge is 0.284 e. The van der Waals surface area contributed by atoms with Gasteiger partial charge in [-0.25, -0.2) is 13.8 Å². The first-order chi connectivity index (χ1) is 6.56. The van der Waals surface area contributed by atoms with Gasteiger partial charge in [0.2, 0.25) is 0 Å². The highest BCUT2D eigenvalue weighted by Crippen LogP contribution is 2.29. The number of hydrogen-bond donors (Lipinski definition) is 2. The number of aromatic hydroxyl groups is 1. The molecule has 0 radical (unpaired) electrons. The highest BCUT2D eigenvalue weighted by Gasteiger charge is 2.17. The van der Waals surface area contributed by atoms with Crippen LogP contribution >= 0.6 is 0 Å². The molecule has 1 rings (SSSR count). The van der Waals surface area contributed by atoms with Crippen LogP contribution in [0.2, 0.25) is 0 Å². The lowest BCUT2D eigenvalue weighted by atomic mass is 10.2. The molecule has 1 aromatic heterocycles. The van der Waals surface area contributed by atoms with Crippen LogP contribution in [-0.4, -0.2) is 10.1 Å². The third kappa shape index (κ3) is 1.88. The Morgan fingerprint density at radius 3 is 2.79 bits per heavy atom. The number of nitriles is 1. The fourth-order valence-electron chi connectivity index (χ4n) is 0.949. The molecule has 0 amide bonds. The van der Waals surface area contributed by atoms with Gasteiger partial charge in [-0.1, -0.05) is 0 Å². The molecule has 0 saturated heterocycles. The van der Waals surface area contributed by atoms with Gasteiger partial charge < -0.3 is 10.8 Å². The summed E-state index contributed by atoms with van der Waals surface area (Å²) in [5, 5.41) is 17.4. The first kappa shape index (κ1) is 10.2. The number of nitrogens with zero attached hydrogens (tertiary/aromatic N) is 2. The van der Waals surface area contributed by atoms with Crippen LogP contribution in [0.1, 0.15) is 17.8 Å². The third-order valence-corrected chi connectivity index (χ3v) is 1.60. The summed E-state index contributed by atoms with van der Waals surface area (Å²) >= 11 is 0. The Balaban J connectivity index is 3.21. The zero-order chi connectivity index (χ0) is 10.7. The Kier molecular flexibility index (Phi) is 2.82. The lowest BCUT2D eigenvalue weighted by Gasteiger charge is -2.06. The molecule has 14 heavy (non-hydrogen) atoms. The van der Waals surface area contributed by atoms with Gasteiger partial charge in [0, 0.05) is 6.07 Å². The average molecular weight is 199 g/mol. The summed E-state index contributed by atoms with van der Waals surface area (Å²) in [4.78, 5) is 3.41. The Labute approximate surface area is 78.6 Å². The van der Waals surface area contributed by atoms with Crippen molar-refractivity contribution in [2.24, 2.45) is 0 Å². The van der Waals surface area contributed by atoms with Crippen LogP contribution in [0.3, 0.4) is 0 Å². The maximum Gasteiger partial charge on any atom is 0.284 e. The molecule has 0 bridgehead atoms. The molecule has 0 aromatic carbocycles. The van der Waals surface area contributed by atoms with E-state index in [1.807, 2.05) is 0 Å². The first-order valence-electron chi connectivity index (χ1n) is 3.69. The predicted molar refractivity (Wildman–Crippen MR) is 44.6 cm³/mol. The Morgan fingerprint density at radius 2 is 2.29 bits per heavy atom. The van der Waals surface area contributed by atoms with E-state index in [2.05, 4.69) is 4.98 Å². The number of alkyl halides is 2. The molecule has 1 heterocycles. The van der Waals surface area contributed by atoms with E-state index in [9.17, 15) is 8.78 Å². The van der Waals surface area contributed by atoms with Crippen molar-refractivity contribution < 1.29 is 13.9 Å². The van der Waals surface area contributed by atoms with Gasteiger partial charge in [-0.15, -0.1) is 0 Å². The lowest BCUT2D eigenvalue weighted by molar-refractivity contribution is 0.141. The van der Waals surface area contributed by atoms with Crippen LogP contribution in [0.15, 0.2) is 6.07 Å². The van der Waals surface area contributed by atoms with Crippen molar-refractivity contribution >= 4 is 5.69 Å². The minimum atomic E-state index is -2.88. The van der Waals surface area contributed by atoms with Crippen molar-refractivity contribution in [2.45, 2.75) is 12.8 Å². The number of halogens is 2. The van der Waals surface area contributed by atoms with E-state index in [1.54, 1.807) is 6.07 Å². The van der Waals surface area contributed by atoms with E-state index in [0.717, 1.165) is 6.07 Å². The first-order valence-corrected chi connectivity index (χ1v) is 3.69. The van der Waals surface area contributed by atoms with Crippen LogP contribution in [0.25, 0.3) is 0 Å². The molecule has 0 aliphatic rings. The number of anilines is 1. The summed E-state index contributed by atoms with van der Waals surface area (Å²) in [6, 6.07) is 2.71. The zero-order valence-corrected chi connectivity index (χ0v) is 7.04. The van der Waals surface area contributed by atoms with E-state index < -0.39 is 17.9 Å². The molecule has 0 aliphatic heterocycles. The van der Waals surface area contributed by atoms with Crippen LogP contribution in [-0.2, 0) is 6.42 Å². The number of nitrogen functional groups attached to an aromatic ring is 1. The lowest BCUT2D eigenvalue weighted by Crippen LogP contribution is -2.01. The third-order valence-electron chi connectivity index (χ3n) is 1.60. The fourth-order valence-corrected chi connectivity index (χ4v) is 0.949. The van der Waals surface area contributed by atoms with Crippen LogP contribution in [0, 0.1) is 11.3 Å². The SMILES string of the molecule is N#CCc1nc(C(F)F)c(O)cc1N. The van der Waals surface area contributed by atoms with E-state index in [-0.39, 0.29) is 17.8 Å². The van der Waals surface area contributed by atoms with Gasteiger partial charge in [-0.2, -0.15) is 5.26 Å². The largest absolute Gasteiger partial charge is 0.506 e. The molecular formula is C8H7F2N3O. The van der Waals surface area contributed by atoms with Crippen LogP contribution < -0.4 is 5.73 Å². The highest BCUT2D eigenvalue weighted by atomic mass is 19.3. The van der Waals surface area contributed by atoms with Gasteiger partial charge >= 0.3 is 0 Å². The van der Waals surface area contributed by atoms with Gasteiger partial charge in [0.15, 0.2) is 0 Å². The normalized spacial score (nSPS) is 10.1. The summed E-state index contributed by atoms with van der Waals surface area (Å²) in [7, 11) is 0. The predicted octanol–water partition coefficient (Wildman–Crippen LogP) is 1.37. The van der Waals surface area contributed by atoms with Crippen molar-refractivity contribution in [1.29, 1.82) is 5.26 Å². The molecule has 4 nitrogen and oxygen atoms in total. The van der Waals surface area contributed by atoms with E-state index in [0.29, 0.717) is 0 Å². The summed E-state index contributed by atoms with van der Waals surface area (Å²) in [5.41, 5.74) is 4.70. The second-order valence-corrected chi connectivity index (χ2v) is 2.56. The van der Waals surface area contributed by atoms with Crippen molar-refractivity contribution in [2.75, 3.05) is 5.73 Å². The van der Waals surface area contributed by atoms with E-state index in [4.69, 9.17) is 16.1 Å². The highest BCUT2D eigenvalue weighted by molar-refractivity contribution is 5.50. The standard InChI is InChI=1S/C8H7F2N3O/c9-8(10)7-6(14)3-4(12)5(13-7)1-2-11/h3,8,14H,1,12H2. The van der Waals surface area contributed by atoms with Gasteiger partial charge in [0.1, 0.15) is 11.4 Å². The quantitative estimate of drug-likeness (QED) is 0.753. The second kappa shape index (κ2) is 3.87. The minimum Gasteiger partial charge on any atom is -0.506 e. The van der Waals surface area contributed by atoms with Gasteiger partial charge in [0.25, 0.3) is 6.43 Å². The van der Waals surface area contributed by atoms with Crippen molar-refractivity contribution in [3.05, 3.63) is 17.5 Å². The zero-order valence-electron chi connectivity index (χ0n) is 7.04. The molecule has 0 aliphatic carbocycles. The number of pyridine rings is 1. The molecule has 0 spiro atoms. The molecule has 0 atom stereocenters.